The van der Waals surface area contributed by atoms with E-state index in [-0.39, 0.29) is 11.9 Å². The first kappa shape index (κ1) is 16.6. The first-order chi connectivity index (χ1) is 9.63. The minimum absolute atomic E-state index is 0.00245. The van der Waals surface area contributed by atoms with Crippen LogP contribution in [0.3, 0.4) is 0 Å². The molecule has 1 atom stereocenters. The molecule has 0 heterocycles. The molecule has 1 amide bonds. The van der Waals surface area contributed by atoms with E-state index < -0.39 is 0 Å². The van der Waals surface area contributed by atoms with Crippen LogP contribution < -0.4 is 5.32 Å². The highest BCUT2D eigenvalue weighted by atomic mass is 32.2. The van der Waals surface area contributed by atoms with Gasteiger partial charge >= 0.3 is 5.97 Å². The highest BCUT2D eigenvalue weighted by Gasteiger charge is 2.08. The molecule has 0 unspecified atom stereocenters. The van der Waals surface area contributed by atoms with Gasteiger partial charge in [-0.15, -0.1) is 0 Å². The number of hydrogen-bond donors (Lipinski definition) is 1. The summed E-state index contributed by atoms with van der Waals surface area (Å²) in [6.45, 7) is 2.71. The van der Waals surface area contributed by atoms with Gasteiger partial charge in [0, 0.05) is 12.3 Å². The second-order valence-electron chi connectivity index (χ2n) is 4.49. The number of carbonyl (C=O) groups excluding carboxylic acids is 2. The van der Waals surface area contributed by atoms with Crippen LogP contribution in [0.4, 0.5) is 0 Å². The molecule has 0 aliphatic rings. The Morgan fingerprint density at radius 2 is 2.00 bits per heavy atom. The average molecular weight is 295 g/mol. The molecule has 4 nitrogen and oxygen atoms in total. The fraction of sp³-hybridized carbons (Fsp3) is 0.467. The van der Waals surface area contributed by atoms with Crippen molar-refractivity contribution >= 4 is 23.6 Å². The van der Waals surface area contributed by atoms with Crippen molar-refractivity contribution in [1.82, 2.24) is 5.32 Å². The predicted molar refractivity (Wildman–Crippen MR) is 81.8 cm³/mol. The van der Waals surface area contributed by atoms with E-state index in [9.17, 15) is 9.59 Å². The van der Waals surface area contributed by atoms with Crippen LogP contribution in [0.2, 0.25) is 0 Å². The van der Waals surface area contributed by atoms with Crippen LogP contribution in [-0.2, 0) is 14.3 Å². The van der Waals surface area contributed by atoms with Crippen LogP contribution >= 0.6 is 11.8 Å². The summed E-state index contributed by atoms with van der Waals surface area (Å²) < 4.78 is 4.53. The number of nitrogens with one attached hydrogen (secondary N) is 1. The molecule has 0 aliphatic heterocycles. The van der Waals surface area contributed by atoms with Gasteiger partial charge in [0.25, 0.3) is 0 Å². The molecule has 0 spiro atoms. The smallest absolute Gasteiger partial charge is 0.306 e. The Hall–Kier alpha value is -1.49. The maximum absolute atomic E-state index is 11.6. The molecular formula is C15H21NO3S. The molecule has 1 rings (SSSR count). The Morgan fingerprint density at radius 1 is 1.30 bits per heavy atom. The average Bonchev–Trinajstić information content (AvgIpc) is 2.49. The van der Waals surface area contributed by atoms with Gasteiger partial charge in [0.05, 0.1) is 19.3 Å². The van der Waals surface area contributed by atoms with Crippen LogP contribution in [-0.4, -0.2) is 37.0 Å². The fourth-order valence-corrected chi connectivity index (χ4v) is 2.38. The topological polar surface area (TPSA) is 55.4 Å². The van der Waals surface area contributed by atoms with Crippen molar-refractivity contribution in [3.05, 3.63) is 35.9 Å². The lowest BCUT2D eigenvalue weighted by Crippen LogP contribution is -2.29. The molecule has 1 aromatic rings. The molecule has 20 heavy (non-hydrogen) atoms. The Kier molecular flexibility index (Phi) is 7.80. The molecule has 1 aromatic carbocycles. The van der Waals surface area contributed by atoms with Crippen molar-refractivity contribution in [3.63, 3.8) is 0 Å². The number of carbonyl (C=O) groups is 2. The number of ether oxygens (including phenoxy) is 1. The predicted octanol–water partition coefficient (Wildman–Crippen LogP) is 2.20. The zero-order chi connectivity index (χ0) is 14.8. The van der Waals surface area contributed by atoms with E-state index in [1.807, 2.05) is 18.2 Å². The van der Waals surface area contributed by atoms with Gasteiger partial charge in [-0.1, -0.05) is 37.3 Å². The van der Waals surface area contributed by atoms with Crippen molar-refractivity contribution < 1.29 is 14.3 Å². The molecule has 1 N–H and O–H groups in total. The summed E-state index contributed by atoms with van der Waals surface area (Å²) in [5, 5.41) is 2.91. The lowest BCUT2D eigenvalue weighted by Gasteiger charge is -2.12. The van der Waals surface area contributed by atoms with E-state index in [1.165, 1.54) is 24.4 Å². The second-order valence-corrected chi connectivity index (χ2v) is 5.60. The molecule has 5 heteroatoms. The SMILES string of the molecule is COC(=O)CCSCC(=O)NC[C@@H](C)c1ccccc1. The number of amides is 1. The van der Waals surface area contributed by atoms with E-state index in [1.54, 1.807) is 0 Å². The fourth-order valence-electron chi connectivity index (χ4n) is 1.64. The quantitative estimate of drug-likeness (QED) is 0.590. The summed E-state index contributed by atoms with van der Waals surface area (Å²) in [6, 6.07) is 10.1. The first-order valence-corrected chi connectivity index (χ1v) is 7.75. The van der Waals surface area contributed by atoms with Crippen molar-refractivity contribution in [2.24, 2.45) is 0 Å². The van der Waals surface area contributed by atoms with E-state index in [0.717, 1.165) is 0 Å². The maximum Gasteiger partial charge on any atom is 0.306 e. The summed E-state index contributed by atoms with van der Waals surface area (Å²) in [6.07, 6.45) is 0.342. The van der Waals surface area contributed by atoms with Crippen LogP contribution in [0.15, 0.2) is 30.3 Å². The zero-order valence-electron chi connectivity index (χ0n) is 11.9. The molecule has 0 fully saturated rings. The van der Waals surface area contributed by atoms with Crippen LogP contribution in [0.25, 0.3) is 0 Å². The van der Waals surface area contributed by atoms with Crippen LogP contribution in [0.5, 0.6) is 0 Å². The third kappa shape index (κ3) is 6.61. The molecule has 0 radical (unpaired) electrons. The van der Waals surface area contributed by atoms with Crippen LogP contribution in [0.1, 0.15) is 24.8 Å². The van der Waals surface area contributed by atoms with Gasteiger partial charge in [-0.2, -0.15) is 11.8 Å². The lowest BCUT2D eigenvalue weighted by atomic mass is 10.0. The largest absolute Gasteiger partial charge is 0.469 e. The third-order valence-electron chi connectivity index (χ3n) is 2.89. The van der Waals surface area contributed by atoms with Crippen molar-refractivity contribution in [1.29, 1.82) is 0 Å². The number of hydrogen-bond acceptors (Lipinski definition) is 4. The summed E-state index contributed by atoms with van der Waals surface area (Å²) >= 11 is 1.44. The van der Waals surface area contributed by atoms with E-state index >= 15 is 0 Å². The first-order valence-electron chi connectivity index (χ1n) is 6.59. The lowest BCUT2D eigenvalue weighted by molar-refractivity contribution is -0.140. The minimum Gasteiger partial charge on any atom is -0.469 e. The Morgan fingerprint density at radius 3 is 2.65 bits per heavy atom. The number of esters is 1. The highest BCUT2D eigenvalue weighted by Crippen LogP contribution is 2.13. The van der Waals surface area contributed by atoms with E-state index in [4.69, 9.17) is 0 Å². The zero-order valence-corrected chi connectivity index (χ0v) is 12.7. The molecule has 0 aromatic heterocycles. The monoisotopic (exact) mass is 295 g/mol. The number of thioether (sulfide) groups is 1. The number of methoxy groups -OCH3 is 1. The van der Waals surface area contributed by atoms with Gasteiger partial charge in [-0.25, -0.2) is 0 Å². The third-order valence-corrected chi connectivity index (χ3v) is 3.84. The van der Waals surface area contributed by atoms with Crippen molar-refractivity contribution in [2.75, 3.05) is 25.2 Å². The van der Waals surface area contributed by atoms with Crippen molar-refractivity contribution in [2.45, 2.75) is 19.3 Å². The Labute approximate surface area is 124 Å². The summed E-state index contributed by atoms with van der Waals surface area (Å²) in [7, 11) is 1.37. The molecular weight excluding hydrogens is 274 g/mol. The van der Waals surface area contributed by atoms with Crippen molar-refractivity contribution in [3.8, 4) is 0 Å². The van der Waals surface area contributed by atoms with Gasteiger partial charge in [0.2, 0.25) is 5.91 Å². The molecule has 0 saturated carbocycles. The molecule has 0 bridgehead atoms. The van der Waals surface area contributed by atoms with Gasteiger partial charge in [-0.3, -0.25) is 9.59 Å². The Bertz CT molecular complexity index is 422. The minimum atomic E-state index is -0.240. The van der Waals surface area contributed by atoms with Crippen LogP contribution in [0, 0.1) is 0 Å². The molecule has 0 saturated heterocycles. The van der Waals surface area contributed by atoms with Gasteiger partial charge < -0.3 is 10.1 Å². The molecule has 0 aliphatic carbocycles. The molecule has 110 valence electrons. The standard InChI is InChI=1S/C15H21NO3S/c1-12(13-6-4-3-5-7-13)10-16-14(17)11-20-9-8-15(18)19-2/h3-7,12H,8-11H2,1-2H3,(H,16,17)/t12-/m1/s1. The van der Waals surface area contributed by atoms with Gasteiger partial charge in [-0.05, 0) is 11.5 Å². The number of benzene rings is 1. The van der Waals surface area contributed by atoms with Gasteiger partial charge in [0.1, 0.15) is 0 Å². The normalized spacial score (nSPS) is 11.7. The van der Waals surface area contributed by atoms with Gasteiger partial charge in [0.15, 0.2) is 0 Å². The Balaban J connectivity index is 2.15. The summed E-state index contributed by atoms with van der Waals surface area (Å²) in [5.41, 5.74) is 1.21. The highest BCUT2D eigenvalue weighted by molar-refractivity contribution is 7.99. The second kappa shape index (κ2) is 9.42. The summed E-state index contributed by atoms with van der Waals surface area (Å²) in [5.74, 6) is 1.03. The maximum atomic E-state index is 11.6. The van der Waals surface area contributed by atoms with E-state index in [0.29, 0.717) is 30.4 Å². The van der Waals surface area contributed by atoms with E-state index in [2.05, 4.69) is 29.1 Å². The number of rotatable bonds is 8. The summed E-state index contributed by atoms with van der Waals surface area (Å²) in [4.78, 5) is 22.5.